The Kier molecular flexibility index (Phi) is 2.84. The van der Waals surface area contributed by atoms with Crippen molar-refractivity contribution in [2.45, 2.75) is 6.92 Å². The molecule has 0 unspecified atom stereocenters. The molecule has 0 saturated heterocycles. The van der Waals surface area contributed by atoms with Crippen molar-refractivity contribution in [2.24, 2.45) is 0 Å². The Bertz CT molecular complexity index is 327. The van der Waals surface area contributed by atoms with Crippen LogP contribution in [0, 0.1) is 6.92 Å². The molecule has 5 heteroatoms. The first kappa shape index (κ1) is 9.78. The SMILES string of the molecule is Cc1ccc2c(c1)NN(I(C)I)[N-]2. The molecule has 0 aromatic heterocycles. The van der Waals surface area contributed by atoms with Gasteiger partial charge in [0.25, 0.3) is 0 Å². The fraction of sp³-hybridized carbons (Fsp3) is 0.250. The van der Waals surface area contributed by atoms with E-state index in [1.165, 1.54) is 5.56 Å². The molecule has 3 nitrogen and oxygen atoms in total. The van der Waals surface area contributed by atoms with Gasteiger partial charge in [-0.3, -0.25) is 0 Å². The fourth-order valence-corrected chi connectivity index (χ4v) is 3.44. The second-order valence-electron chi connectivity index (χ2n) is 2.87. The molecular formula is C8H10I2N3-. The predicted molar refractivity (Wildman–Crippen MR) is 73.6 cm³/mol. The van der Waals surface area contributed by atoms with E-state index in [2.05, 4.69) is 59.5 Å². The average Bonchev–Trinajstić information content (AvgIpc) is 2.46. The molecule has 1 aliphatic heterocycles. The first-order valence-electron chi connectivity index (χ1n) is 3.83. The Morgan fingerprint density at radius 2 is 2.31 bits per heavy atom. The maximum atomic E-state index is 4.48. The summed E-state index contributed by atoms with van der Waals surface area (Å²) in [6.07, 6.45) is 0. The number of fused-ring (bicyclic) bond motifs is 1. The quantitative estimate of drug-likeness (QED) is 0.438. The van der Waals surface area contributed by atoms with Gasteiger partial charge in [-0.05, 0) is 0 Å². The van der Waals surface area contributed by atoms with Gasteiger partial charge in [-0.15, -0.1) is 0 Å². The van der Waals surface area contributed by atoms with Crippen molar-refractivity contribution in [2.75, 3.05) is 10.4 Å². The molecule has 1 aromatic carbocycles. The average molecular weight is 402 g/mol. The molecule has 72 valence electrons. The third kappa shape index (κ3) is 2.01. The number of nitrogens with zero attached hydrogens (tertiary/aromatic N) is 2. The molecule has 0 saturated carbocycles. The van der Waals surface area contributed by atoms with Crippen LogP contribution in [0.3, 0.4) is 0 Å². The van der Waals surface area contributed by atoms with Gasteiger partial charge in [0.2, 0.25) is 0 Å². The molecule has 1 heterocycles. The van der Waals surface area contributed by atoms with E-state index < -0.39 is 16.1 Å². The van der Waals surface area contributed by atoms with Crippen LogP contribution in [0.4, 0.5) is 11.4 Å². The summed E-state index contributed by atoms with van der Waals surface area (Å²) in [4.78, 5) is 2.25. The summed E-state index contributed by atoms with van der Waals surface area (Å²) < 4.78 is 2.02. The number of rotatable bonds is 1. The van der Waals surface area contributed by atoms with Crippen molar-refractivity contribution in [3.63, 3.8) is 0 Å². The van der Waals surface area contributed by atoms with Crippen LogP contribution in [-0.2, 0) is 0 Å². The van der Waals surface area contributed by atoms with Crippen molar-refractivity contribution >= 4 is 46.1 Å². The number of hydrogen-bond acceptors (Lipinski definition) is 2. The summed E-state index contributed by atoms with van der Waals surface area (Å²) in [6.45, 7) is 2.09. The van der Waals surface area contributed by atoms with E-state index in [0.717, 1.165) is 11.4 Å². The van der Waals surface area contributed by atoms with E-state index in [4.69, 9.17) is 0 Å². The molecule has 0 radical (unpaired) electrons. The number of nitrogens with one attached hydrogen (secondary N) is 1. The third-order valence-electron chi connectivity index (χ3n) is 1.78. The molecule has 0 atom stereocenters. The van der Waals surface area contributed by atoms with Crippen LogP contribution >= 0.6 is 34.7 Å². The van der Waals surface area contributed by atoms with Gasteiger partial charge in [-0.1, -0.05) is 0 Å². The van der Waals surface area contributed by atoms with Gasteiger partial charge in [-0.25, -0.2) is 0 Å². The van der Waals surface area contributed by atoms with Crippen molar-refractivity contribution in [1.82, 2.24) is 3.33 Å². The van der Waals surface area contributed by atoms with Crippen LogP contribution in [0.25, 0.3) is 5.43 Å². The van der Waals surface area contributed by atoms with Crippen LogP contribution in [-0.4, -0.2) is 8.26 Å². The van der Waals surface area contributed by atoms with Crippen LogP contribution in [0.15, 0.2) is 18.2 Å². The van der Waals surface area contributed by atoms with Gasteiger partial charge in [0.15, 0.2) is 0 Å². The van der Waals surface area contributed by atoms with Gasteiger partial charge in [0.1, 0.15) is 0 Å². The Balaban J connectivity index is 2.25. The second-order valence-corrected chi connectivity index (χ2v) is 13.8. The molecule has 13 heavy (non-hydrogen) atoms. The van der Waals surface area contributed by atoms with E-state index in [1.807, 2.05) is 3.33 Å². The summed E-state index contributed by atoms with van der Waals surface area (Å²) in [5.74, 6) is 0. The zero-order valence-corrected chi connectivity index (χ0v) is 11.7. The van der Waals surface area contributed by atoms with Crippen LogP contribution in [0.5, 0.6) is 0 Å². The first-order chi connectivity index (χ1) is 6.16. The molecule has 0 aliphatic carbocycles. The predicted octanol–water partition coefficient (Wildman–Crippen LogP) is 3.96. The summed E-state index contributed by atoms with van der Waals surface area (Å²) in [6, 6.07) is 6.29. The molecule has 0 spiro atoms. The molecule has 0 bridgehead atoms. The number of anilines is 1. The Hall–Kier alpha value is 0.240. The Labute approximate surface area is 95.1 Å². The number of aryl methyl sites for hydroxylation is 1. The van der Waals surface area contributed by atoms with Crippen LogP contribution in [0.2, 0.25) is 0 Å². The van der Waals surface area contributed by atoms with Crippen LogP contribution in [0.1, 0.15) is 5.56 Å². The van der Waals surface area contributed by atoms with Gasteiger partial charge in [0, 0.05) is 0 Å². The standard InChI is InChI=1S/C8H10I2N3/c1-6-3-4-7-8(5-6)12-13(11-7)10(2)9/h3-5,12H,1-2H3/q-1. The number of hydrogen-bond donors (Lipinski definition) is 1. The fourth-order valence-electron chi connectivity index (χ4n) is 1.16. The first-order valence-corrected chi connectivity index (χ1v) is 13.2. The maximum absolute atomic E-state index is 4.48. The molecule has 1 N–H and O–H groups in total. The molecule has 0 fully saturated rings. The van der Waals surface area contributed by atoms with Gasteiger partial charge >= 0.3 is 95.9 Å². The minimum absolute atomic E-state index is 1.06. The summed E-state index contributed by atoms with van der Waals surface area (Å²) in [7, 11) is 0. The van der Waals surface area contributed by atoms with E-state index in [1.54, 1.807) is 0 Å². The van der Waals surface area contributed by atoms with E-state index in [0.29, 0.717) is 0 Å². The number of hydrazine groups is 1. The number of alkyl halides is 1. The zero-order chi connectivity index (χ0) is 9.42. The van der Waals surface area contributed by atoms with Crippen molar-refractivity contribution in [3.8, 4) is 0 Å². The summed E-state index contributed by atoms with van der Waals surface area (Å²) >= 11 is 1.42. The summed E-state index contributed by atoms with van der Waals surface area (Å²) in [5.41, 5.74) is 11.3. The van der Waals surface area contributed by atoms with E-state index >= 15 is 0 Å². The number of halogens is 2. The normalized spacial score (nSPS) is 16.1. The zero-order valence-electron chi connectivity index (χ0n) is 7.38. The molecule has 0 amide bonds. The van der Waals surface area contributed by atoms with E-state index in [-0.39, 0.29) is 0 Å². The Morgan fingerprint density at radius 1 is 1.54 bits per heavy atom. The third-order valence-corrected chi connectivity index (χ3v) is 5.81. The number of benzene rings is 1. The Morgan fingerprint density at radius 3 is 3.00 bits per heavy atom. The van der Waals surface area contributed by atoms with Gasteiger partial charge < -0.3 is 0 Å². The molecular weight excluding hydrogens is 392 g/mol. The second kappa shape index (κ2) is 3.77. The topological polar surface area (TPSA) is 29.4 Å². The van der Waals surface area contributed by atoms with E-state index in [9.17, 15) is 0 Å². The van der Waals surface area contributed by atoms with Crippen molar-refractivity contribution < 1.29 is 0 Å². The van der Waals surface area contributed by atoms with Crippen molar-refractivity contribution in [3.05, 3.63) is 29.2 Å². The minimum atomic E-state index is -1.06. The van der Waals surface area contributed by atoms with Crippen molar-refractivity contribution in [1.29, 1.82) is 0 Å². The molecule has 1 aromatic rings. The molecule has 1 aliphatic rings. The van der Waals surface area contributed by atoms with Gasteiger partial charge in [-0.2, -0.15) is 0 Å². The van der Waals surface area contributed by atoms with Crippen LogP contribution < -0.4 is 5.43 Å². The monoisotopic (exact) mass is 402 g/mol. The summed E-state index contributed by atoms with van der Waals surface area (Å²) in [5, 5.41) is 0. The molecule has 2 rings (SSSR count). The van der Waals surface area contributed by atoms with Gasteiger partial charge in [0.05, 0.1) is 0 Å².